The molecule has 0 radical (unpaired) electrons. The van der Waals surface area contributed by atoms with Crippen LogP contribution >= 0.6 is 11.6 Å². The Bertz CT molecular complexity index is 524. The molecule has 2 aliphatic rings. The van der Waals surface area contributed by atoms with Gasteiger partial charge in [-0.05, 0) is 31.6 Å². The van der Waals surface area contributed by atoms with Crippen LogP contribution < -0.4 is 10.5 Å². The number of nitrogens with zero attached hydrogens (tertiary/aromatic N) is 2. The lowest BCUT2D eigenvalue weighted by atomic mass is 9.85. The van der Waals surface area contributed by atoms with E-state index < -0.39 is 0 Å². The summed E-state index contributed by atoms with van der Waals surface area (Å²) in [4.78, 5) is 13.9. The third-order valence-electron chi connectivity index (χ3n) is 5.10. The van der Waals surface area contributed by atoms with Crippen molar-refractivity contribution in [3.8, 4) is 0 Å². The van der Waals surface area contributed by atoms with Crippen molar-refractivity contribution in [3.63, 3.8) is 0 Å². The van der Waals surface area contributed by atoms with Gasteiger partial charge in [-0.25, -0.2) is 5.10 Å². The smallest absolute Gasteiger partial charge is 0.285 e. The molecule has 0 aromatic carbocycles. The van der Waals surface area contributed by atoms with Gasteiger partial charge in [-0.15, -0.1) is 0 Å². The van der Waals surface area contributed by atoms with E-state index in [0.717, 1.165) is 18.2 Å². The number of rotatable bonds is 4. The maximum Gasteiger partial charge on any atom is 0.285 e. The van der Waals surface area contributed by atoms with Crippen molar-refractivity contribution >= 4 is 17.3 Å². The van der Waals surface area contributed by atoms with E-state index in [-0.39, 0.29) is 10.6 Å². The van der Waals surface area contributed by atoms with E-state index in [4.69, 9.17) is 11.6 Å². The lowest BCUT2D eigenvalue weighted by Gasteiger charge is -2.29. The fourth-order valence-electron chi connectivity index (χ4n) is 3.93. The zero-order valence-electron chi connectivity index (χ0n) is 12.5. The zero-order chi connectivity index (χ0) is 14.7. The highest BCUT2D eigenvalue weighted by Crippen LogP contribution is 2.34. The maximum atomic E-state index is 11.6. The van der Waals surface area contributed by atoms with Crippen molar-refractivity contribution in [3.05, 3.63) is 21.6 Å². The van der Waals surface area contributed by atoms with Crippen molar-refractivity contribution in [2.45, 2.75) is 63.8 Å². The van der Waals surface area contributed by atoms with Crippen LogP contribution in [0.15, 0.2) is 11.0 Å². The average Bonchev–Trinajstić information content (AvgIpc) is 2.97. The second-order valence-corrected chi connectivity index (χ2v) is 6.85. The Morgan fingerprint density at radius 2 is 2.00 bits per heavy atom. The Hall–Kier alpha value is -1.03. The molecule has 0 bridgehead atoms. The molecule has 4 nitrogen and oxygen atoms in total. The van der Waals surface area contributed by atoms with Crippen LogP contribution in [0.3, 0.4) is 0 Å². The van der Waals surface area contributed by atoms with Crippen LogP contribution in [0, 0.1) is 5.92 Å². The molecule has 1 atom stereocenters. The van der Waals surface area contributed by atoms with Crippen LogP contribution in [0.1, 0.15) is 57.8 Å². The number of hydrogen-bond donors (Lipinski definition) is 1. The summed E-state index contributed by atoms with van der Waals surface area (Å²) < 4.78 is 0. The minimum Gasteiger partial charge on any atom is -0.366 e. The highest BCUT2D eigenvalue weighted by molar-refractivity contribution is 6.33. The van der Waals surface area contributed by atoms with Gasteiger partial charge >= 0.3 is 0 Å². The van der Waals surface area contributed by atoms with E-state index in [1.165, 1.54) is 57.8 Å². The molecule has 3 rings (SSSR count). The highest BCUT2D eigenvalue weighted by atomic mass is 35.5. The summed E-state index contributed by atoms with van der Waals surface area (Å²) in [6.45, 7) is 0.986. The maximum absolute atomic E-state index is 11.6. The molecule has 5 heteroatoms. The second-order valence-electron chi connectivity index (χ2n) is 6.47. The SMILES string of the molecule is O=c1[nH]ncc(N2CCCC2CCC2CCCCC2)c1Cl. The van der Waals surface area contributed by atoms with Crippen molar-refractivity contribution in [1.29, 1.82) is 0 Å². The van der Waals surface area contributed by atoms with Crippen molar-refractivity contribution in [2.75, 3.05) is 11.4 Å². The Kier molecular flexibility index (Phi) is 4.84. The first-order valence-electron chi connectivity index (χ1n) is 8.25. The minimum atomic E-state index is -0.285. The molecule has 1 saturated carbocycles. The summed E-state index contributed by atoms with van der Waals surface area (Å²) in [5.74, 6) is 0.911. The molecule has 1 aromatic rings. The van der Waals surface area contributed by atoms with Gasteiger partial charge in [0.05, 0.1) is 11.9 Å². The Morgan fingerprint density at radius 1 is 1.19 bits per heavy atom. The normalized spacial score (nSPS) is 23.7. The van der Waals surface area contributed by atoms with Gasteiger partial charge in [0.15, 0.2) is 0 Å². The zero-order valence-corrected chi connectivity index (χ0v) is 13.2. The van der Waals surface area contributed by atoms with E-state index in [0.29, 0.717) is 6.04 Å². The Labute approximate surface area is 130 Å². The van der Waals surface area contributed by atoms with E-state index in [2.05, 4.69) is 15.1 Å². The molecule has 1 unspecified atom stereocenters. The predicted octanol–water partition coefficient (Wildman–Crippen LogP) is 3.75. The third kappa shape index (κ3) is 3.42. The molecule has 1 aliphatic heterocycles. The van der Waals surface area contributed by atoms with Gasteiger partial charge in [-0.3, -0.25) is 4.79 Å². The number of halogens is 1. The fraction of sp³-hybridized carbons (Fsp3) is 0.750. The molecule has 0 amide bonds. The van der Waals surface area contributed by atoms with Gasteiger partial charge < -0.3 is 4.90 Å². The first-order valence-corrected chi connectivity index (χ1v) is 8.63. The van der Waals surface area contributed by atoms with Crippen LogP contribution in [-0.4, -0.2) is 22.8 Å². The molecule has 116 valence electrons. The lowest BCUT2D eigenvalue weighted by Crippen LogP contribution is -2.31. The fourth-order valence-corrected chi connectivity index (χ4v) is 4.13. The summed E-state index contributed by atoms with van der Waals surface area (Å²) in [5.41, 5.74) is 0.527. The Morgan fingerprint density at radius 3 is 2.81 bits per heavy atom. The van der Waals surface area contributed by atoms with Crippen LogP contribution in [0.5, 0.6) is 0 Å². The quantitative estimate of drug-likeness (QED) is 0.921. The van der Waals surface area contributed by atoms with Gasteiger partial charge in [-0.1, -0.05) is 43.7 Å². The van der Waals surface area contributed by atoms with Gasteiger partial charge in [0.1, 0.15) is 5.02 Å². The topological polar surface area (TPSA) is 49.0 Å². The van der Waals surface area contributed by atoms with E-state index in [1.807, 2.05) is 0 Å². The highest BCUT2D eigenvalue weighted by Gasteiger charge is 2.28. The standard InChI is InChI=1S/C16H24ClN3O/c17-15-14(11-18-19-16(15)21)20-10-4-7-13(20)9-8-12-5-2-1-3-6-12/h11-13H,1-10H2,(H,19,21). The third-order valence-corrected chi connectivity index (χ3v) is 5.46. The molecule has 0 spiro atoms. The number of aromatic nitrogens is 2. The second kappa shape index (κ2) is 6.82. The van der Waals surface area contributed by atoms with Crippen molar-refractivity contribution in [2.24, 2.45) is 5.92 Å². The van der Waals surface area contributed by atoms with Crippen LogP contribution in [0.4, 0.5) is 5.69 Å². The summed E-state index contributed by atoms with van der Waals surface area (Å²) in [6.07, 6.45) is 13.6. The largest absolute Gasteiger partial charge is 0.366 e. The molecular weight excluding hydrogens is 286 g/mol. The summed E-state index contributed by atoms with van der Waals surface area (Å²) in [5, 5.41) is 6.59. The lowest BCUT2D eigenvalue weighted by molar-refractivity contribution is 0.323. The number of nitrogens with one attached hydrogen (secondary N) is 1. The first-order chi connectivity index (χ1) is 10.3. The van der Waals surface area contributed by atoms with E-state index >= 15 is 0 Å². The van der Waals surface area contributed by atoms with E-state index in [9.17, 15) is 4.79 Å². The van der Waals surface area contributed by atoms with Crippen LogP contribution in [-0.2, 0) is 0 Å². The number of anilines is 1. The number of hydrogen-bond acceptors (Lipinski definition) is 3. The van der Waals surface area contributed by atoms with Crippen LogP contribution in [0.25, 0.3) is 0 Å². The minimum absolute atomic E-state index is 0.285. The molecule has 1 N–H and O–H groups in total. The van der Waals surface area contributed by atoms with Crippen molar-refractivity contribution in [1.82, 2.24) is 10.2 Å². The molecule has 1 aliphatic carbocycles. The summed E-state index contributed by atoms with van der Waals surface area (Å²) >= 11 is 6.16. The predicted molar refractivity (Wildman–Crippen MR) is 86.0 cm³/mol. The molecule has 21 heavy (non-hydrogen) atoms. The van der Waals surface area contributed by atoms with Crippen molar-refractivity contribution < 1.29 is 0 Å². The summed E-state index contributed by atoms with van der Waals surface area (Å²) in [7, 11) is 0. The van der Waals surface area contributed by atoms with Gasteiger partial charge in [0.2, 0.25) is 0 Å². The van der Waals surface area contributed by atoms with Gasteiger partial charge in [0.25, 0.3) is 5.56 Å². The summed E-state index contributed by atoms with van der Waals surface area (Å²) in [6, 6.07) is 0.521. The average molecular weight is 310 g/mol. The molecule has 1 aromatic heterocycles. The monoisotopic (exact) mass is 309 g/mol. The number of H-pyrrole nitrogens is 1. The molecule has 2 fully saturated rings. The van der Waals surface area contributed by atoms with Gasteiger partial charge in [0, 0.05) is 12.6 Å². The Balaban J connectivity index is 1.64. The number of aromatic amines is 1. The molecule has 1 saturated heterocycles. The molecular formula is C16H24ClN3O. The van der Waals surface area contributed by atoms with E-state index in [1.54, 1.807) is 6.20 Å². The van der Waals surface area contributed by atoms with Crippen LogP contribution in [0.2, 0.25) is 5.02 Å². The first kappa shape index (κ1) is 14.9. The molecule has 2 heterocycles. The van der Waals surface area contributed by atoms with Gasteiger partial charge in [-0.2, -0.15) is 5.10 Å².